The average molecular weight is 237 g/mol. The van der Waals surface area contributed by atoms with E-state index in [0.717, 1.165) is 5.92 Å². The topological polar surface area (TPSA) is 12.0 Å². The van der Waals surface area contributed by atoms with Crippen LogP contribution in [0.2, 0.25) is 0 Å². The Bertz CT molecular complexity index is 277. The minimum atomic E-state index is 0.708. The van der Waals surface area contributed by atoms with Crippen LogP contribution < -0.4 is 5.32 Å². The molecule has 0 amide bonds. The quantitative estimate of drug-likeness (QED) is 0.724. The van der Waals surface area contributed by atoms with E-state index in [-0.39, 0.29) is 0 Å². The second-order valence-corrected chi connectivity index (χ2v) is 5.99. The van der Waals surface area contributed by atoms with E-state index < -0.39 is 0 Å². The minimum absolute atomic E-state index is 0.708. The Hall–Kier alpha value is -0.340. The smallest absolute Gasteiger partial charge is 0.0115 e. The monoisotopic (exact) mass is 237 g/mol. The van der Waals surface area contributed by atoms with Crippen molar-refractivity contribution in [1.29, 1.82) is 0 Å². The Labute approximate surface area is 103 Å². The molecule has 0 spiro atoms. The van der Waals surface area contributed by atoms with Crippen LogP contribution in [0.15, 0.2) is 17.5 Å². The van der Waals surface area contributed by atoms with Gasteiger partial charge in [0.25, 0.3) is 0 Å². The van der Waals surface area contributed by atoms with Crippen molar-refractivity contribution >= 4 is 11.3 Å². The summed E-state index contributed by atoms with van der Waals surface area (Å²) in [4.78, 5) is 1.53. The first kappa shape index (κ1) is 12.1. The molecule has 2 rings (SSSR count). The Morgan fingerprint density at radius 2 is 2.38 bits per heavy atom. The van der Waals surface area contributed by atoms with Gasteiger partial charge in [0, 0.05) is 10.9 Å². The fraction of sp³-hybridized carbons (Fsp3) is 0.714. The third kappa shape index (κ3) is 4.26. The third-order valence-electron chi connectivity index (χ3n) is 3.33. The summed E-state index contributed by atoms with van der Waals surface area (Å²) >= 11 is 1.89. The first-order chi connectivity index (χ1) is 7.88. The summed E-state index contributed by atoms with van der Waals surface area (Å²) in [5, 5.41) is 5.89. The number of hydrogen-bond acceptors (Lipinski definition) is 2. The fourth-order valence-corrected chi connectivity index (χ4v) is 2.93. The van der Waals surface area contributed by atoms with Crippen molar-refractivity contribution in [3.63, 3.8) is 0 Å². The van der Waals surface area contributed by atoms with E-state index in [1.165, 1.54) is 49.9 Å². The van der Waals surface area contributed by atoms with Gasteiger partial charge >= 0.3 is 0 Å². The Morgan fingerprint density at radius 3 is 3.00 bits per heavy atom. The number of rotatable bonds is 8. The van der Waals surface area contributed by atoms with E-state index >= 15 is 0 Å². The van der Waals surface area contributed by atoms with Gasteiger partial charge in [0.2, 0.25) is 0 Å². The SMILES string of the molecule is CCCNC(CCC1CC1)Cc1cccs1. The van der Waals surface area contributed by atoms with Crippen LogP contribution in [0, 0.1) is 5.92 Å². The van der Waals surface area contributed by atoms with Gasteiger partial charge in [-0.1, -0.05) is 25.8 Å². The highest BCUT2D eigenvalue weighted by atomic mass is 32.1. The molecule has 0 bridgehead atoms. The van der Waals surface area contributed by atoms with Crippen molar-refractivity contribution < 1.29 is 0 Å². The predicted octanol–water partition coefficient (Wildman–Crippen LogP) is 3.85. The van der Waals surface area contributed by atoms with Gasteiger partial charge in [-0.3, -0.25) is 0 Å². The molecule has 1 saturated carbocycles. The van der Waals surface area contributed by atoms with E-state index in [2.05, 4.69) is 29.8 Å². The standard InChI is InChI=1S/C14H23NS/c1-2-9-15-13(8-7-12-5-6-12)11-14-4-3-10-16-14/h3-4,10,12-13,15H,2,5-9,11H2,1H3. The first-order valence-corrected chi connectivity index (χ1v) is 7.52. The maximum absolute atomic E-state index is 3.70. The molecule has 0 aromatic carbocycles. The van der Waals surface area contributed by atoms with Crippen LogP contribution in [-0.4, -0.2) is 12.6 Å². The van der Waals surface area contributed by atoms with E-state index in [0.29, 0.717) is 6.04 Å². The maximum Gasteiger partial charge on any atom is 0.0115 e. The van der Waals surface area contributed by atoms with Gasteiger partial charge in [-0.15, -0.1) is 11.3 Å². The fourth-order valence-electron chi connectivity index (χ4n) is 2.14. The lowest BCUT2D eigenvalue weighted by Gasteiger charge is -2.17. The van der Waals surface area contributed by atoms with Gasteiger partial charge in [0.1, 0.15) is 0 Å². The first-order valence-electron chi connectivity index (χ1n) is 6.64. The van der Waals surface area contributed by atoms with E-state index in [1.54, 1.807) is 0 Å². The Balaban J connectivity index is 1.75. The van der Waals surface area contributed by atoms with Gasteiger partial charge in [-0.05, 0) is 49.6 Å². The Kier molecular flexibility index (Phi) is 4.86. The van der Waals surface area contributed by atoms with Crippen LogP contribution in [-0.2, 0) is 6.42 Å². The predicted molar refractivity (Wildman–Crippen MR) is 72.1 cm³/mol. The number of nitrogens with one attached hydrogen (secondary N) is 1. The summed E-state index contributed by atoms with van der Waals surface area (Å²) in [7, 11) is 0. The van der Waals surface area contributed by atoms with E-state index in [9.17, 15) is 0 Å². The molecule has 16 heavy (non-hydrogen) atoms. The van der Waals surface area contributed by atoms with Crippen LogP contribution >= 0.6 is 11.3 Å². The van der Waals surface area contributed by atoms with Crippen LogP contribution in [0.3, 0.4) is 0 Å². The maximum atomic E-state index is 3.70. The highest BCUT2D eigenvalue weighted by Crippen LogP contribution is 2.34. The molecule has 1 aromatic heterocycles. The molecular formula is C14H23NS. The molecule has 2 heteroatoms. The molecule has 1 unspecified atom stereocenters. The van der Waals surface area contributed by atoms with Gasteiger partial charge in [-0.2, -0.15) is 0 Å². The lowest BCUT2D eigenvalue weighted by molar-refractivity contribution is 0.454. The largest absolute Gasteiger partial charge is 0.314 e. The van der Waals surface area contributed by atoms with Crippen molar-refractivity contribution in [1.82, 2.24) is 5.32 Å². The molecule has 90 valence electrons. The molecular weight excluding hydrogens is 214 g/mol. The normalized spacial score (nSPS) is 17.6. The van der Waals surface area contributed by atoms with Gasteiger partial charge in [-0.25, -0.2) is 0 Å². The summed E-state index contributed by atoms with van der Waals surface area (Å²) in [6.45, 7) is 3.41. The Morgan fingerprint density at radius 1 is 1.50 bits per heavy atom. The van der Waals surface area contributed by atoms with Gasteiger partial charge in [0.05, 0.1) is 0 Å². The van der Waals surface area contributed by atoms with Gasteiger partial charge < -0.3 is 5.32 Å². The van der Waals surface area contributed by atoms with Crippen molar-refractivity contribution in [2.24, 2.45) is 5.92 Å². The zero-order valence-electron chi connectivity index (χ0n) is 10.2. The summed E-state index contributed by atoms with van der Waals surface area (Å²) in [5.41, 5.74) is 0. The summed E-state index contributed by atoms with van der Waals surface area (Å²) in [5.74, 6) is 1.06. The third-order valence-corrected chi connectivity index (χ3v) is 4.23. The van der Waals surface area contributed by atoms with Crippen LogP contribution in [0.1, 0.15) is 43.9 Å². The molecule has 1 fully saturated rings. The second kappa shape index (κ2) is 6.41. The second-order valence-electron chi connectivity index (χ2n) is 4.96. The zero-order chi connectivity index (χ0) is 11.2. The molecule has 0 aliphatic heterocycles. The molecule has 0 radical (unpaired) electrons. The van der Waals surface area contributed by atoms with Crippen molar-refractivity contribution in [3.8, 4) is 0 Å². The lowest BCUT2D eigenvalue weighted by atomic mass is 10.0. The molecule has 1 atom stereocenters. The highest BCUT2D eigenvalue weighted by molar-refractivity contribution is 7.09. The lowest BCUT2D eigenvalue weighted by Crippen LogP contribution is -2.31. The highest BCUT2D eigenvalue weighted by Gasteiger charge is 2.22. The zero-order valence-corrected chi connectivity index (χ0v) is 11.1. The number of thiophene rings is 1. The van der Waals surface area contributed by atoms with Crippen molar-refractivity contribution in [2.45, 2.75) is 51.5 Å². The van der Waals surface area contributed by atoms with Crippen molar-refractivity contribution in [2.75, 3.05) is 6.54 Å². The molecule has 1 N–H and O–H groups in total. The summed E-state index contributed by atoms with van der Waals surface area (Å²) in [6, 6.07) is 5.14. The molecule has 0 saturated heterocycles. The average Bonchev–Trinajstić information content (AvgIpc) is 2.99. The summed E-state index contributed by atoms with van der Waals surface area (Å²) in [6.07, 6.45) is 8.24. The van der Waals surface area contributed by atoms with Crippen LogP contribution in [0.25, 0.3) is 0 Å². The molecule has 1 aliphatic carbocycles. The van der Waals surface area contributed by atoms with Crippen molar-refractivity contribution in [3.05, 3.63) is 22.4 Å². The molecule has 1 nitrogen and oxygen atoms in total. The molecule has 1 aromatic rings. The van der Waals surface area contributed by atoms with Crippen LogP contribution in [0.4, 0.5) is 0 Å². The van der Waals surface area contributed by atoms with E-state index in [4.69, 9.17) is 0 Å². The molecule has 1 aliphatic rings. The van der Waals surface area contributed by atoms with Gasteiger partial charge in [0.15, 0.2) is 0 Å². The summed E-state index contributed by atoms with van der Waals surface area (Å²) < 4.78 is 0. The minimum Gasteiger partial charge on any atom is -0.314 e. The molecule has 1 heterocycles. The van der Waals surface area contributed by atoms with Crippen LogP contribution in [0.5, 0.6) is 0 Å². The van der Waals surface area contributed by atoms with E-state index in [1.807, 2.05) is 11.3 Å². The number of hydrogen-bond donors (Lipinski definition) is 1.